The SMILES string of the molecule is CCN(CC)C(=N)Cc1cccc(OC)c1. The summed E-state index contributed by atoms with van der Waals surface area (Å²) in [5.41, 5.74) is 1.12. The topological polar surface area (TPSA) is 36.3 Å². The van der Waals surface area contributed by atoms with Crippen LogP contribution in [0.15, 0.2) is 24.3 Å². The van der Waals surface area contributed by atoms with Gasteiger partial charge in [-0.2, -0.15) is 0 Å². The zero-order valence-electron chi connectivity index (χ0n) is 10.3. The number of nitrogens with one attached hydrogen (secondary N) is 1. The smallest absolute Gasteiger partial charge is 0.119 e. The summed E-state index contributed by atoms with van der Waals surface area (Å²) < 4.78 is 5.17. The van der Waals surface area contributed by atoms with Crippen LogP contribution in [0.3, 0.4) is 0 Å². The van der Waals surface area contributed by atoms with Crippen LogP contribution >= 0.6 is 0 Å². The normalized spacial score (nSPS) is 9.94. The molecule has 88 valence electrons. The van der Waals surface area contributed by atoms with E-state index in [1.54, 1.807) is 7.11 Å². The van der Waals surface area contributed by atoms with Crippen LogP contribution in [-0.4, -0.2) is 30.9 Å². The van der Waals surface area contributed by atoms with Gasteiger partial charge in [0, 0.05) is 19.5 Å². The molecule has 16 heavy (non-hydrogen) atoms. The Balaban J connectivity index is 2.68. The van der Waals surface area contributed by atoms with Crippen LogP contribution < -0.4 is 4.74 Å². The summed E-state index contributed by atoms with van der Waals surface area (Å²) in [6, 6.07) is 7.90. The van der Waals surface area contributed by atoms with E-state index in [-0.39, 0.29) is 0 Å². The third-order valence-electron chi connectivity index (χ3n) is 2.65. The van der Waals surface area contributed by atoms with Gasteiger partial charge in [0.25, 0.3) is 0 Å². The van der Waals surface area contributed by atoms with Gasteiger partial charge < -0.3 is 9.64 Å². The lowest BCUT2D eigenvalue weighted by atomic mass is 10.1. The zero-order chi connectivity index (χ0) is 12.0. The molecule has 0 atom stereocenters. The van der Waals surface area contributed by atoms with Crippen molar-refractivity contribution < 1.29 is 4.74 Å². The van der Waals surface area contributed by atoms with Crippen molar-refractivity contribution in [3.05, 3.63) is 29.8 Å². The van der Waals surface area contributed by atoms with Crippen molar-refractivity contribution in [3.8, 4) is 5.75 Å². The van der Waals surface area contributed by atoms with Crippen LogP contribution in [0, 0.1) is 5.41 Å². The number of hydrogen-bond donors (Lipinski definition) is 1. The van der Waals surface area contributed by atoms with Gasteiger partial charge in [0.2, 0.25) is 0 Å². The average molecular weight is 220 g/mol. The second-order valence-electron chi connectivity index (χ2n) is 3.65. The molecule has 3 heteroatoms. The van der Waals surface area contributed by atoms with Crippen LogP contribution in [0.25, 0.3) is 0 Å². The molecule has 0 amide bonds. The van der Waals surface area contributed by atoms with E-state index < -0.39 is 0 Å². The van der Waals surface area contributed by atoms with Gasteiger partial charge in [0.1, 0.15) is 11.6 Å². The number of benzene rings is 1. The van der Waals surface area contributed by atoms with E-state index in [9.17, 15) is 0 Å². The van der Waals surface area contributed by atoms with Crippen LogP contribution in [0.4, 0.5) is 0 Å². The molecule has 0 saturated heterocycles. The van der Waals surface area contributed by atoms with Crippen molar-refractivity contribution in [2.45, 2.75) is 20.3 Å². The van der Waals surface area contributed by atoms with E-state index in [2.05, 4.69) is 18.7 Å². The summed E-state index contributed by atoms with van der Waals surface area (Å²) in [4.78, 5) is 2.06. The Morgan fingerprint density at radius 1 is 1.31 bits per heavy atom. The minimum atomic E-state index is 0.665. The van der Waals surface area contributed by atoms with Crippen molar-refractivity contribution in [1.29, 1.82) is 5.41 Å². The molecule has 0 spiro atoms. The number of methoxy groups -OCH3 is 1. The highest BCUT2D eigenvalue weighted by Gasteiger charge is 2.06. The molecule has 1 aromatic carbocycles. The molecular formula is C13H20N2O. The monoisotopic (exact) mass is 220 g/mol. The number of amidine groups is 1. The predicted molar refractivity (Wildman–Crippen MR) is 67.3 cm³/mol. The van der Waals surface area contributed by atoms with E-state index in [0.29, 0.717) is 12.3 Å². The second-order valence-corrected chi connectivity index (χ2v) is 3.65. The fourth-order valence-corrected chi connectivity index (χ4v) is 1.69. The van der Waals surface area contributed by atoms with Gasteiger partial charge in [0.15, 0.2) is 0 Å². The van der Waals surface area contributed by atoms with Crippen molar-refractivity contribution >= 4 is 5.84 Å². The summed E-state index contributed by atoms with van der Waals surface area (Å²) >= 11 is 0. The molecule has 3 nitrogen and oxygen atoms in total. The first-order valence-electron chi connectivity index (χ1n) is 5.66. The number of rotatable bonds is 5. The average Bonchev–Trinajstić information content (AvgIpc) is 2.31. The molecule has 1 rings (SSSR count). The molecule has 0 radical (unpaired) electrons. The third-order valence-corrected chi connectivity index (χ3v) is 2.65. The molecule has 0 unspecified atom stereocenters. The van der Waals surface area contributed by atoms with E-state index >= 15 is 0 Å². The lowest BCUT2D eigenvalue weighted by Crippen LogP contribution is -2.31. The maximum absolute atomic E-state index is 8.00. The highest BCUT2D eigenvalue weighted by Crippen LogP contribution is 2.13. The van der Waals surface area contributed by atoms with Crippen LogP contribution in [0.2, 0.25) is 0 Å². The molecule has 0 aliphatic carbocycles. The summed E-state index contributed by atoms with van der Waals surface area (Å²) in [5.74, 6) is 1.52. The molecule has 0 aliphatic rings. The lowest BCUT2D eigenvalue weighted by molar-refractivity contribution is 0.414. The number of hydrogen-bond acceptors (Lipinski definition) is 2. The standard InChI is InChI=1S/C13H20N2O/c1-4-15(5-2)13(14)10-11-7-6-8-12(9-11)16-3/h6-9,14H,4-5,10H2,1-3H3. The molecule has 0 heterocycles. The van der Waals surface area contributed by atoms with Gasteiger partial charge in [0.05, 0.1) is 7.11 Å². The molecule has 0 aliphatic heterocycles. The molecule has 0 fully saturated rings. The molecule has 1 aromatic rings. The predicted octanol–water partition coefficient (Wildman–Crippen LogP) is 2.56. The van der Waals surface area contributed by atoms with Gasteiger partial charge in [-0.3, -0.25) is 5.41 Å². The van der Waals surface area contributed by atoms with Gasteiger partial charge in [-0.05, 0) is 31.5 Å². The minimum Gasteiger partial charge on any atom is -0.497 e. The lowest BCUT2D eigenvalue weighted by Gasteiger charge is -2.21. The Hall–Kier alpha value is -1.51. The number of nitrogens with zero attached hydrogens (tertiary/aromatic N) is 1. The second kappa shape index (κ2) is 6.16. The van der Waals surface area contributed by atoms with E-state index in [1.165, 1.54) is 0 Å². The van der Waals surface area contributed by atoms with Gasteiger partial charge in [-0.15, -0.1) is 0 Å². The Labute approximate surface area is 97.5 Å². The highest BCUT2D eigenvalue weighted by molar-refractivity contribution is 5.81. The molecule has 0 bridgehead atoms. The fraction of sp³-hybridized carbons (Fsp3) is 0.462. The van der Waals surface area contributed by atoms with Crippen molar-refractivity contribution in [2.24, 2.45) is 0 Å². The van der Waals surface area contributed by atoms with Gasteiger partial charge >= 0.3 is 0 Å². The Kier molecular flexibility index (Phi) is 4.83. The quantitative estimate of drug-likeness (QED) is 0.611. The van der Waals surface area contributed by atoms with Crippen molar-refractivity contribution in [1.82, 2.24) is 4.90 Å². The minimum absolute atomic E-state index is 0.665. The summed E-state index contributed by atoms with van der Waals surface area (Å²) in [6.07, 6.45) is 0.666. The fourth-order valence-electron chi connectivity index (χ4n) is 1.69. The van der Waals surface area contributed by atoms with Crippen molar-refractivity contribution in [2.75, 3.05) is 20.2 Å². The zero-order valence-corrected chi connectivity index (χ0v) is 10.3. The number of ether oxygens (including phenoxy) is 1. The summed E-state index contributed by atoms with van der Waals surface area (Å²) in [6.45, 7) is 5.92. The van der Waals surface area contributed by atoms with E-state index in [1.807, 2.05) is 24.3 Å². The van der Waals surface area contributed by atoms with Crippen LogP contribution in [0.5, 0.6) is 5.75 Å². The van der Waals surface area contributed by atoms with Gasteiger partial charge in [-0.1, -0.05) is 12.1 Å². The first-order valence-corrected chi connectivity index (χ1v) is 5.66. The van der Waals surface area contributed by atoms with Crippen molar-refractivity contribution in [3.63, 3.8) is 0 Å². The molecule has 1 N–H and O–H groups in total. The Bertz CT molecular complexity index is 346. The largest absolute Gasteiger partial charge is 0.497 e. The van der Waals surface area contributed by atoms with Crippen LogP contribution in [0.1, 0.15) is 19.4 Å². The molecule has 0 saturated carbocycles. The summed E-state index contributed by atoms with van der Waals surface area (Å²) in [5, 5.41) is 8.00. The van der Waals surface area contributed by atoms with Gasteiger partial charge in [-0.25, -0.2) is 0 Å². The maximum Gasteiger partial charge on any atom is 0.119 e. The first kappa shape index (κ1) is 12.6. The van der Waals surface area contributed by atoms with E-state index in [0.717, 1.165) is 24.4 Å². The first-order chi connectivity index (χ1) is 7.71. The number of likely N-dealkylation sites (N-methyl/N-ethyl adjacent to an activating group) is 1. The maximum atomic E-state index is 8.00. The molecular weight excluding hydrogens is 200 g/mol. The van der Waals surface area contributed by atoms with Crippen LogP contribution in [-0.2, 0) is 6.42 Å². The molecule has 0 aromatic heterocycles. The Morgan fingerprint density at radius 3 is 2.56 bits per heavy atom. The third kappa shape index (κ3) is 3.26. The highest BCUT2D eigenvalue weighted by atomic mass is 16.5. The summed E-state index contributed by atoms with van der Waals surface area (Å²) in [7, 11) is 1.66. The Morgan fingerprint density at radius 2 is 2.00 bits per heavy atom. The van der Waals surface area contributed by atoms with E-state index in [4.69, 9.17) is 10.1 Å².